The van der Waals surface area contributed by atoms with Crippen LogP contribution in [0, 0.1) is 0 Å². The number of hydrogen-bond donors (Lipinski definition) is 2. The van der Waals surface area contributed by atoms with Gasteiger partial charge in [0.05, 0.1) is 45.7 Å². The summed E-state index contributed by atoms with van der Waals surface area (Å²) in [7, 11) is 0. The van der Waals surface area contributed by atoms with E-state index in [-0.39, 0.29) is 5.92 Å². The second-order valence-corrected chi connectivity index (χ2v) is 7.40. The molecule has 0 saturated carbocycles. The van der Waals surface area contributed by atoms with E-state index in [4.69, 9.17) is 24.1 Å². The lowest BCUT2D eigenvalue weighted by Gasteiger charge is -2.14. The van der Waals surface area contributed by atoms with Gasteiger partial charge in [-0.1, -0.05) is 48.5 Å². The van der Waals surface area contributed by atoms with Crippen LogP contribution in [0.1, 0.15) is 24.0 Å². The fraction of sp³-hybridized carbons (Fsp3) is 0.458. The van der Waals surface area contributed by atoms with Gasteiger partial charge >= 0.3 is 6.09 Å². The van der Waals surface area contributed by atoms with Gasteiger partial charge in [0, 0.05) is 12.5 Å². The van der Waals surface area contributed by atoms with Crippen molar-refractivity contribution in [2.75, 3.05) is 52.8 Å². The number of carbonyl (C=O) groups is 1. The Balaban J connectivity index is 1.27. The fourth-order valence-electron chi connectivity index (χ4n) is 3.57. The summed E-state index contributed by atoms with van der Waals surface area (Å²) in [5.74, 6) is 0.0520. The van der Waals surface area contributed by atoms with Gasteiger partial charge < -0.3 is 29.4 Å². The van der Waals surface area contributed by atoms with Crippen LogP contribution in [0.2, 0.25) is 0 Å². The number of ether oxygens (including phenoxy) is 4. The zero-order chi connectivity index (χ0) is 21.9. The molecule has 0 unspecified atom stereocenters. The average molecular weight is 430 g/mol. The molecular formula is C24H31NO6. The first-order chi connectivity index (χ1) is 15.2. The van der Waals surface area contributed by atoms with Crippen LogP contribution in [0.25, 0.3) is 11.1 Å². The zero-order valence-electron chi connectivity index (χ0n) is 17.9. The summed E-state index contributed by atoms with van der Waals surface area (Å²) in [6.45, 7) is 4.80. The normalized spacial score (nSPS) is 13.5. The molecule has 168 valence electrons. The number of alkyl carbamates (subject to hydrolysis) is 1. The molecule has 3 rings (SSSR count). The second kappa shape index (κ2) is 12.4. The number of benzene rings is 2. The SMILES string of the molecule is C[C@@H](O)COCCOCCOCCNC(=O)OCC1c2ccccc2-c2ccccc21. The number of fused-ring (bicyclic) bond motifs is 3. The molecule has 0 spiro atoms. The van der Waals surface area contributed by atoms with Crippen LogP contribution < -0.4 is 5.32 Å². The molecule has 0 bridgehead atoms. The Hall–Kier alpha value is -2.45. The van der Waals surface area contributed by atoms with Gasteiger partial charge in [0.1, 0.15) is 6.61 Å². The molecule has 31 heavy (non-hydrogen) atoms. The van der Waals surface area contributed by atoms with Crippen molar-refractivity contribution in [3.8, 4) is 11.1 Å². The van der Waals surface area contributed by atoms with Gasteiger partial charge in [0.15, 0.2) is 0 Å². The van der Waals surface area contributed by atoms with Gasteiger partial charge in [-0.15, -0.1) is 0 Å². The van der Waals surface area contributed by atoms with Gasteiger partial charge in [-0.25, -0.2) is 4.79 Å². The molecule has 2 aromatic rings. The Morgan fingerprint density at radius 2 is 1.45 bits per heavy atom. The first kappa shape index (κ1) is 23.2. The first-order valence-electron chi connectivity index (χ1n) is 10.7. The third kappa shape index (κ3) is 7.04. The van der Waals surface area contributed by atoms with Gasteiger partial charge in [-0.3, -0.25) is 0 Å². The molecule has 1 atom stereocenters. The Kier molecular flexibility index (Phi) is 9.30. The van der Waals surface area contributed by atoms with E-state index in [2.05, 4.69) is 29.6 Å². The minimum Gasteiger partial charge on any atom is -0.449 e. The smallest absolute Gasteiger partial charge is 0.407 e. The molecule has 0 aromatic heterocycles. The third-order valence-electron chi connectivity index (χ3n) is 4.96. The molecule has 2 aromatic carbocycles. The number of carbonyl (C=O) groups excluding carboxylic acids is 1. The highest BCUT2D eigenvalue weighted by Crippen LogP contribution is 2.44. The Labute approximate surface area is 183 Å². The van der Waals surface area contributed by atoms with E-state index in [1.54, 1.807) is 6.92 Å². The Morgan fingerprint density at radius 1 is 0.903 bits per heavy atom. The van der Waals surface area contributed by atoms with E-state index in [0.29, 0.717) is 52.8 Å². The number of aliphatic hydroxyl groups is 1. The van der Waals surface area contributed by atoms with E-state index in [1.165, 1.54) is 22.3 Å². The molecule has 7 nitrogen and oxygen atoms in total. The van der Waals surface area contributed by atoms with Crippen molar-refractivity contribution in [1.29, 1.82) is 0 Å². The van der Waals surface area contributed by atoms with Crippen molar-refractivity contribution in [3.05, 3.63) is 59.7 Å². The standard InChI is InChI=1S/C24H31NO6/c1-18(26)16-30-15-14-29-13-12-28-11-10-25-24(27)31-17-23-21-8-4-2-6-19(21)20-7-3-5-9-22(20)23/h2-9,18,23,26H,10-17H2,1H3,(H,25,27)/t18-/m1/s1. The lowest BCUT2D eigenvalue weighted by Crippen LogP contribution is -2.29. The van der Waals surface area contributed by atoms with Crippen molar-refractivity contribution in [2.24, 2.45) is 0 Å². The summed E-state index contributed by atoms with van der Waals surface area (Å²) in [6.07, 6.45) is -0.913. The van der Waals surface area contributed by atoms with E-state index in [0.717, 1.165) is 0 Å². The Morgan fingerprint density at radius 3 is 2.06 bits per heavy atom. The van der Waals surface area contributed by atoms with Crippen molar-refractivity contribution >= 4 is 6.09 Å². The van der Waals surface area contributed by atoms with Crippen LogP contribution in [0.4, 0.5) is 4.79 Å². The van der Waals surface area contributed by atoms with Crippen molar-refractivity contribution in [3.63, 3.8) is 0 Å². The maximum Gasteiger partial charge on any atom is 0.407 e. The molecule has 1 amide bonds. The topological polar surface area (TPSA) is 86.3 Å². The van der Waals surface area contributed by atoms with Crippen molar-refractivity contribution < 1.29 is 28.8 Å². The van der Waals surface area contributed by atoms with E-state index < -0.39 is 12.2 Å². The maximum absolute atomic E-state index is 12.1. The molecule has 0 saturated heterocycles. The molecule has 2 N–H and O–H groups in total. The molecule has 0 heterocycles. The van der Waals surface area contributed by atoms with Crippen LogP contribution in [0.3, 0.4) is 0 Å². The van der Waals surface area contributed by atoms with Gasteiger partial charge in [-0.2, -0.15) is 0 Å². The minimum absolute atomic E-state index is 0.0520. The zero-order valence-corrected chi connectivity index (χ0v) is 17.9. The highest BCUT2D eigenvalue weighted by Gasteiger charge is 2.28. The summed E-state index contributed by atoms with van der Waals surface area (Å²) in [5.41, 5.74) is 4.79. The van der Waals surface area contributed by atoms with Crippen molar-refractivity contribution in [1.82, 2.24) is 5.32 Å². The molecule has 0 aliphatic heterocycles. The summed E-state index contributed by atoms with van der Waals surface area (Å²) in [6, 6.07) is 16.5. The molecule has 1 aliphatic carbocycles. The molecule has 0 fully saturated rings. The third-order valence-corrected chi connectivity index (χ3v) is 4.96. The summed E-state index contributed by atoms with van der Waals surface area (Å²) >= 11 is 0. The lowest BCUT2D eigenvalue weighted by molar-refractivity contribution is -0.00560. The minimum atomic E-state index is -0.465. The molecule has 7 heteroatoms. The number of hydrogen-bond acceptors (Lipinski definition) is 6. The van der Waals surface area contributed by atoms with Crippen LogP contribution in [-0.2, 0) is 18.9 Å². The lowest BCUT2D eigenvalue weighted by atomic mass is 9.98. The van der Waals surface area contributed by atoms with Crippen molar-refractivity contribution in [2.45, 2.75) is 18.9 Å². The predicted octanol–water partition coefficient (Wildman–Crippen LogP) is 2.96. The van der Waals surface area contributed by atoms with E-state index >= 15 is 0 Å². The van der Waals surface area contributed by atoms with E-state index in [1.807, 2.05) is 24.3 Å². The monoisotopic (exact) mass is 429 g/mol. The highest BCUT2D eigenvalue weighted by molar-refractivity contribution is 5.79. The maximum atomic E-state index is 12.1. The van der Waals surface area contributed by atoms with Gasteiger partial charge in [0.25, 0.3) is 0 Å². The highest BCUT2D eigenvalue weighted by atomic mass is 16.6. The summed E-state index contributed by atoms with van der Waals surface area (Å²) in [4.78, 5) is 12.1. The van der Waals surface area contributed by atoms with Crippen LogP contribution in [0.5, 0.6) is 0 Å². The largest absolute Gasteiger partial charge is 0.449 e. The van der Waals surface area contributed by atoms with Crippen LogP contribution in [-0.4, -0.2) is 70.1 Å². The first-order valence-corrected chi connectivity index (χ1v) is 10.7. The van der Waals surface area contributed by atoms with Crippen LogP contribution >= 0.6 is 0 Å². The fourth-order valence-corrected chi connectivity index (χ4v) is 3.57. The summed E-state index contributed by atoms with van der Waals surface area (Å²) in [5, 5.41) is 11.8. The van der Waals surface area contributed by atoms with Gasteiger partial charge in [-0.05, 0) is 29.2 Å². The average Bonchev–Trinajstić information content (AvgIpc) is 3.09. The summed E-state index contributed by atoms with van der Waals surface area (Å²) < 4.78 is 21.4. The number of aliphatic hydroxyl groups excluding tert-OH is 1. The molecular weight excluding hydrogens is 398 g/mol. The van der Waals surface area contributed by atoms with Gasteiger partial charge in [0.2, 0.25) is 0 Å². The van der Waals surface area contributed by atoms with E-state index in [9.17, 15) is 4.79 Å². The quantitative estimate of drug-likeness (QED) is 0.476. The molecule has 0 radical (unpaired) electrons. The number of amides is 1. The Bertz CT molecular complexity index is 780. The number of rotatable bonds is 13. The molecule has 1 aliphatic rings. The second-order valence-electron chi connectivity index (χ2n) is 7.40. The predicted molar refractivity (Wildman–Crippen MR) is 117 cm³/mol. The van der Waals surface area contributed by atoms with Crippen LogP contribution in [0.15, 0.2) is 48.5 Å². The number of nitrogens with one attached hydrogen (secondary N) is 1.